The topological polar surface area (TPSA) is 90.9 Å². The molecule has 3 aromatic rings. The van der Waals surface area contributed by atoms with Crippen molar-refractivity contribution < 1.29 is 12.8 Å². The highest BCUT2D eigenvalue weighted by molar-refractivity contribution is 7.90. The number of nitrogens with two attached hydrogens (primary N) is 1. The molecule has 0 fully saturated rings. The van der Waals surface area contributed by atoms with Crippen LogP contribution in [0.1, 0.15) is 0 Å². The minimum Gasteiger partial charge on any atom is -0.384 e. The average molecular weight is 346 g/mol. The molecule has 0 unspecified atom stereocenters. The molecule has 1 aromatic carbocycles. The summed E-state index contributed by atoms with van der Waals surface area (Å²) >= 11 is 0. The van der Waals surface area contributed by atoms with Crippen LogP contribution in [0.5, 0.6) is 0 Å². The number of anilines is 1. The minimum atomic E-state index is -3.54. The number of aromatic nitrogens is 3. The molecule has 0 aliphatic rings. The zero-order valence-corrected chi connectivity index (χ0v) is 13.9. The Hall–Kier alpha value is -2.74. The van der Waals surface area contributed by atoms with E-state index in [-0.39, 0.29) is 11.0 Å². The third-order valence-corrected chi connectivity index (χ3v) is 4.59. The molecule has 0 radical (unpaired) electrons. The van der Waals surface area contributed by atoms with Gasteiger partial charge in [0.05, 0.1) is 11.4 Å². The van der Waals surface area contributed by atoms with Gasteiger partial charge in [-0.25, -0.2) is 22.8 Å². The van der Waals surface area contributed by atoms with Crippen LogP contribution in [0.15, 0.2) is 47.8 Å². The van der Waals surface area contributed by atoms with E-state index in [0.29, 0.717) is 28.3 Å². The van der Waals surface area contributed by atoms with E-state index in [1.807, 2.05) is 0 Å². The van der Waals surface area contributed by atoms with Crippen LogP contribution in [0.4, 0.5) is 10.2 Å². The molecule has 6 nitrogen and oxygen atoms in total. The number of halogens is 1. The number of nitrogens with zero attached hydrogens (tertiary/aromatic N) is 3. The monoisotopic (exact) mass is 346 g/mol. The van der Waals surface area contributed by atoms with Crippen molar-refractivity contribution in [2.45, 2.75) is 5.16 Å². The van der Waals surface area contributed by atoms with Crippen LogP contribution in [0.2, 0.25) is 0 Å². The van der Waals surface area contributed by atoms with Crippen molar-refractivity contribution in [3.8, 4) is 22.5 Å². The molecule has 2 N–H and O–H groups in total. The number of hydrogen-bond acceptors (Lipinski definition) is 5. The van der Waals surface area contributed by atoms with Crippen molar-refractivity contribution in [1.82, 2.24) is 14.5 Å². The third-order valence-electron chi connectivity index (χ3n) is 3.56. The fourth-order valence-electron chi connectivity index (χ4n) is 2.54. The molecule has 0 aliphatic carbocycles. The summed E-state index contributed by atoms with van der Waals surface area (Å²) in [4.78, 5) is 8.22. The molecule has 0 saturated heterocycles. The molecule has 0 bridgehead atoms. The number of hydrogen-bond donors (Lipinski definition) is 1. The van der Waals surface area contributed by atoms with Crippen molar-refractivity contribution in [3.63, 3.8) is 0 Å². The number of imidazole rings is 1. The summed E-state index contributed by atoms with van der Waals surface area (Å²) in [6.07, 6.45) is 2.63. The first kappa shape index (κ1) is 16.1. The Kier molecular flexibility index (Phi) is 3.84. The molecule has 0 spiro atoms. The van der Waals surface area contributed by atoms with Gasteiger partial charge in [-0.05, 0) is 36.4 Å². The largest absolute Gasteiger partial charge is 0.384 e. The van der Waals surface area contributed by atoms with E-state index in [9.17, 15) is 12.8 Å². The van der Waals surface area contributed by atoms with Crippen molar-refractivity contribution in [2.75, 3.05) is 12.0 Å². The van der Waals surface area contributed by atoms with E-state index in [0.717, 1.165) is 6.26 Å². The summed E-state index contributed by atoms with van der Waals surface area (Å²) < 4.78 is 38.7. The molecule has 3 rings (SSSR count). The maximum Gasteiger partial charge on any atom is 0.228 e. The van der Waals surface area contributed by atoms with Gasteiger partial charge in [0.25, 0.3) is 0 Å². The lowest BCUT2D eigenvalue weighted by molar-refractivity contribution is 0.585. The Bertz CT molecular complexity index is 1010. The molecule has 8 heteroatoms. The normalized spacial score (nSPS) is 11.6. The highest BCUT2D eigenvalue weighted by atomic mass is 32.2. The van der Waals surface area contributed by atoms with E-state index in [1.165, 1.54) is 22.9 Å². The number of rotatable bonds is 3. The van der Waals surface area contributed by atoms with Crippen LogP contribution in [0.25, 0.3) is 22.5 Å². The van der Waals surface area contributed by atoms with Gasteiger partial charge in [0.15, 0.2) is 0 Å². The molecule has 2 heterocycles. The van der Waals surface area contributed by atoms with Gasteiger partial charge in [0.2, 0.25) is 15.0 Å². The van der Waals surface area contributed by atoms with Gasteiger partial charge in [0.1, 0.15) is 11.6 Å². The first-order valence-corrected chi connectivity index (χ1v) is 8.91. The van der Waals surface area contributed by atoms with Crippen LogP contribution in [0, 0.1) is 5.82 Å². The molecule has 124 valence electrons. The highest BCUT2D eigenvalue weighted by Crippen LogP contribution is 2.33. The number of nitrogen functional groups attached to an aromatic ring is 1. The Morgan fingerprint density at radius 3 is 2.38 bits per heavy atom. The first-order valence-electron chi connectivity index (χ1n) is 7.02. The summed E-state index contributed by atoms with van der Waals surface area (Å²) in [6.45, 7) is 0. The highest BCUT2D eigenvalue weighted by Gasteiger charge is 2.23. The number of pyridine rings is 1. The molecular formula is C16H15FN4O2S. The number of sulfone groups is 1. The fourth-order valence-corrected chi connectivity index (χ4v) is 3.39. The van der Waals surface area contributed by atoms with Crippen LogP contribution in [-0.4, -0.2) is 29.2 Å². The van der Waals surface area contributed by atoms with Crippen LogP contribution >= 0.6 is 0 Å². The Labute approximate surface area is 138 Å². The lowest BCUT2D eigenvalue weighted by Gasteiger charge is -2.08. The average Bonchev–Trinajstić information content (AvgIpc) is 2.85. The summed E-state index contributed by atoms with van der Waals surface area (Å²) in [7, 11) is -1.93. The molecule has 24 heavy (non-hydrogen) atoms. The molecule has 0 aliphatic heterocycles. The fraction of sp³-hybridized carbons (Fsp3) is 0.125. The van der Waals surface area contributed by atoms with Gasteiger partial charge < -0.3 is 10.3 Å². The maximum atomic E-state index is 13.2. The predicted octanol–water partition coefficient (Wildman–Crippen LogP) is 2.27. The Morgan fingerprint density at radius 2 is 1.79 bits per heavy atom. The molecular weight excluding hydrogens is 331 g/mol. The van der Waals surface area contributed by atoms with Gasteiger partial charge in [-0.15, -0.1) is 0 Å². The summed E-state index contributed by atoms with van der Waals surface area (Å²) in [6, 6.07) is 9.06. The van der Waals surface area contributed by atoms with Crippen LogP contribution < -0.4 is 5.73 Å². The zero-order valence-electron chi connectivity index (χ0n) is 13.1. The molecule has 0 atom stereocenters. The van der Waals surface area contributed by atoms with Gasteiger partial charge >= 0.3 is 0 Å². The van der Waals surface area contributed by atoms with E-state index in [4.69, 9.17) is 5.73 Å². The Morgan fingerprint density at radius 1 is 1.12 bits per heavy atom. The van der Waals surface area contributed by atoms with Crippen LogP contribution in [0.3, 0.4) is 0 Å². The quantitative estimate of drug-likeness (QED) is 0.785. The second kappa shape index (κ2) is 5.72. The zero-order chi connectivity index (χ0) is 17.5. The van der Waals surface area contributed by atoms with Crippen LogP contribution in [-0.2, 0) is 16.9 Å². The van der Waals surface area contributed by atoms with Crippen molar-refractivity contribution in [3.05, 3.63) is 48.4 Å². The smallest absolute Gasteiger partial charge is 0.228 e. The minimum absolute atomic E-state index is 0.0767. The SMILES string of the molecule is Cn1c(S(C)(=O)=O)nc(-c2ccc(F)cc2)c1-c1ccnc(N)c1. The molecule has 0 saturated carbocycles. The van der Waals surface area contributed by atoms with E-state index < -0.39 is 9.84 Å². The lowest BCUT2D eigenvalue weighted by atomic mass is 10.1. The van der Waals surface area contributed by atoms with Gasteiger partial charge in [-0.2, -0.15) is 0 Å². The lowest BCUT2D eigenvalue weighted by Crippen LogP contribution is -2.06. The van der Waals surface area contributed by atoms with Crippen molar-refractivity contribution in [2.24, 2.45) is 7.05 Å². The first-order chi connectivity index (χ1) is 11.3. The second-order valence-electron chi connectivity index (χ2n) is 5.40. The molecule has 0 amide bonds. The Balaban J connectivity index is 2.33. The van der Waals surface area contributed by atoms with E-state index >= 15 is 0 Å². The maximum absolute atomic E-state index is 13.2. The summed E-state index contributed by atoms with van der Waals surface area (Å²) in [5, 5.41) is -0.0767. The third kappa shape index (κ3) is 2.88. The van der Waals surface area contributed by atoms with Crippen molar-refractivity contribution >= 4 is 15.7 Å². The van der Waals surface area contributed by atoms with Gasteiger partial charge in [-0.1, -0.05) is 0 Å². The summed E-state index contributed by atoms with van der Waals surface area (Å²) in [5.41, 5.74) is 8.02. The van der Waals surface area contributed by atoms with E-state index in [1.54, 1.807) is 31.3 Å². The second-order valence-corrected chi connectivity index (χ2v) is 7.31. The van der Waals surface area contributed by atoms with Gasteiger partial charge in [-0.3, -0.25) is 0 Å². The number of benzene rings is 1. The summed E-state index contributed by atoms with van der Waals surface area (Å²) in [5.74, 6) is -0.0765. The predicted molar refractivity (Wildman–Crippen MR) is 89.4 cm³/mol. The van der Waals surface area contributed by atoms with E-state index in [2.05, 4.69) is 9.97 Å². The molecule has 2 aromatic heterocycles. The van der Waals surface area contributed by atoms with Crippen molar-refractivity contribution in [1.29, 1.82) is 0 Å². The van der Waals surface area contributed by atoms with Gasteiger partial charge in [0, 0.05) is 30.6 Å². The standard InChI is InChI=1S/C16H15FN4O2S/c1-21-15(11-7-8-19-13(18)9-11)14(20-16(21)24(2,22)23)10-3-5-12(17)6-4-10/h3-9H,1-2H3,(H2,18,19).